The maximum absolute atomic E-state index is 12.8. The lowest BCUT2D eigenvalue weighted by Gasteiger charge is -2.30. The Morgan fingerprint density at radius 1 is 0.574 bits per heavy atom. The Labute approximate surface area is 336 Å². The van der Waals surface area contributed by atoms with E-state index in [1.807, 2.05) is 21.1 Å². The Morgan fingerprint density at radius 3 is 1.26 bits per heavy atom. The van der Waals surface area contributed by atoms with Crippen LogP contribution in [0.4, 0.5) is 0 Å². The molecule has 54 heavy (non-hydrogen) atoms. The maximum Gasteiger partial charge on any atom is 0.268 e. The number of unbranched alkanes of at least 4 members (excludes halogenated alkanes) is 30. The van der Waals surface area contributed by atoms with Gasteiger partial charge in [0.15, 0.2) is 0 Å². The van der Waals surface area contributed by atoms with Crippen LogP contribution in [0, 0.1) is 0 Å². The maximum atomic E-state index is 12.8. The fourth-order valence-corrected chi connectivity index (χ4v) is 7.82. The lowest BCUT2D eigenvalue weighted by Crippen LogP contribution is -2.46. The second-order valence-corrected chi connectivity index (χ2v) is 18.9. The molecule has 1 unspecified atom stereocenters. The number of carbonyl (C=O) groups excluding carboxylic acids is 1. The molecule has 0 bridgehead atoms. The van der Waals surface area contributed by atoms with Gasteiger partial charge in [-0.3, -0.25) is 9.36 Å². The van der Waals surface area contributed by atoms with Crippen molar-refractivity contribution in [2.75, 3.05) is 40.9 Å². The number of nitrogens with one attached hydrogen (secondary N) is 1. The van der Waals surface area contributed by atoms with Crippen LogP contribution in [0.2, 0.25) is 0 Å². The molecule has 0 aromatic rings. The first-order valence-corrected chi connectivity index (χ1v) is 24.8. The molecular formula is C45H93N2O6P. The quantitative estimate of drug-likeness (QED) is 0.0362. The van der Waals surface area contributed by atoms with Crippen LogP contribution in [0.5, 0.6) is 0 Å². The molecule has 8 nitrogen and oxygen atoms in total. The SMILES string of the molecule is CCCCCCCCCCCCCCCCCCCCCCCCCC(=O)N[C@@H](COP(=O)([O-])OCC[N+](C)(C)C)[C@H](O)CCCCCCCCCCC. The van der Waals surface area contributed by atoms with Gasteiger partial charge < -0.3 is 28.8 Å². The summed E-state index contributed by atoms with van der Waals surface area (Å²) in [6.07, 6.45) is 41.2. The highest BCUT2D eigenvalue weighted by molar-refractivity contribution is 7.45. The van der Waals surface area contributed by atoms with E-state index >= 15 is 0 Å². The number of phosphoric acid groups is 1. The van der Waals surface area contributed by atoms with Crippen LogP contribution in [0.25, 0.3) is 0 Å². The smallest absolute Gasteiger partial charge is 0.268 e. The predicted molar refractivity (Wildman–Crippen MR) is 229 cm³/mol. The average molecular weight is 789 g/mol. The van der Waals surface area contributed by atoms with Crippen LogP contribution in [0.3, 0.4) is 0 Å². The van der Waals surface area contributed by atoms with Crippen molar-refractivity contribution < 1.29 is 32.9 Å². The Balaban J connectivity index is 4.09. The summed E-state index contributed by atoms with van der Waals surface area (Å²) in [7, 11) is 1.32. The number of phosphoric ester groups is 1. The highest BCUT2D eigenvalue weighted by Crippen LogP contribution is 2.38. The Kier molecular flexibility index (Phi) is 37.7. The van der Waals surface area contributed by atoms with Crippen LogP contribution in [0.15, 0.2) is 0 Å². The topological polar surface area (TPSA) is 108 Å². The van der Waals surface area contributed by atoms with Crippen molar-refractivity contribution >= 4 is 13.7 Å². The predicted octanol–water partition coefficient (Wildman–Crippen LogP) is 12.3. The number of nitrogens with zero attached hydrogens (tertiary/aromatic N) is 1. The van der Waals surface area contributed by atoms with Gasteiger partial charge in [-0.25, -0.2) is 0 Å². The first-order chi connectivity index (χ1) is 26.0. The molecule has 0 heterocycles. The molecule has 0 aliphatic rings. The average Bonchev–Trinajstić information content (AvgIpc) is 3.12. The zero-order valence-electron chi connectivity index (χ0n) is 36.7. The molecule has 0 aromatic carbocycles. The van der Waals surface area contributed by atoms with Gasteiger partial charge in [0.25, 0.3) is 7.82 Å². The van der Waals surface area contributed by atoms with E-state index in [1.54, 1.807) is 0 Å². The number of likely N-dealkylation sites (N-methyl/N-ethyl adjacent to an activating group) is 1. The fourth-order valence-electron chi connectivity index (χ4n) is 7.10. The molecule has 0 saturated heterocycles. The molecule has 1 amide bonds. The third kappa shape index (κ3) is 39.7. The standard InChI is InChI=1S/C45H93N2O6P/c1-6-8-10-12-14-16-17-18-19-20-21-22-23-24-25-26-27-28-29-31-33-35-37-39-45(49)46-43(42-53-54(50,51)52-41-40-47(3,4)5)44(48)38-36-34-32-30-15-13-11-9-7-2/h43-44,48H,6-42H2,1-5H3,(H-,46,49,50,51)/t43-,44+/m0/s1. The normalized spacial score (nSPS) is 14.3. The third-order valence-corrected chi connectivity index (χ3v) is 11.8. The second-order valence-electron chi connectivity index (χ2n) is 17.5. The van der Waals surface area contributed by atoms with Gasteiger partial charge in [0, 0.05) is 6.42 Å². The lowest BCUT2D eigenvalue weighted by molar-refractivity contribution is -0.870. The minimum Gasteiger partial charge on any atom is -0.756 e. The summed E-state index contributed by atoms with van der Waals surface area (Å²) in [4.78, 5) is 25.3. The van der Waals surface area contributed by atoms with Crippen LogP contribution in [0.1, 0.15) is 232 Å². The van der Waals surface area contributed by atoms with Crippen molar-refractivity contribution in [3.63, 3.8) is 0 Å². The molecule has 0 radical (unpaired) electrons. The number of rotatable bonds is 43. The van der Waals surface area contributed by atoms with Gasteiger partial charge in [-0.2, -0.15) is 0 Å². The summed E-state index contributed by atoms with van der Waals surface area (Å²) in [6, 6.07) is -0.791. The van der Waals surface area contributed by atoms with Crippen LogP contribution >= 0.6 is 7.82 Å². The van der Waals surface area contributed by atoms with Crippen LogP contribution in [-0.4, -0.2) is 68.5 Å². The number of amides is 1. The van der Waals surface area contributed by atoms with Crippen molar-refractivity contribution in [2.24, 2.45) is 0 Å². The van der Waals surface area contributed by atoms with Crippen LogP contribution < -0.4 is 10.2 Å². The van der Waals surface area contributed by atoms with Crippen LogP contribution in [-0.2, 0) is 18.4 Å². The number of aliphatic hydroxyl groups excluding tert-OH is 1. The number of hydrogen-bond acceptors (Lipinski definition) is 6. The van der Waals surface area contributed by atoms with Crippen molar-refractivity contribution in [3.05, 3.63) is 0 Å². The third-order valence-electron chi connectivity index (χ3n) is 10.8. The summed E-state index contributed by atoms with van der Waals surface area (Å²) in [5, 5.41) is 13.8. The zero-order valence-corrected chi connectivity index (χ0v) is 37.6. The highest BCUT2D eigenvalue weighted by atomic mass is 31.2. The van der Waals surface area contributed by atoms with E-state index < -0.39 is 20.0 Å². The monoisotopic (exact) mass is 789 g/mol. The molecule has 0 fully saturated rings. The van der Waals surface area contributed by atoms with Gasteiger partial charge in [0.2, 0.25) is 5.91 Å². The van der Waals surface area contributed by atoms with E-state index in [2.05, 4.69) is 19.2 Å². The second kappa shape index (κ2) is 38.0. The molecule has 0 aliphatic carbocycles. The van der Waals surface area contributed by atoms with Crippen molar-refractivity contribution in [2.45, 2.75) is 244 Å². The van der Waals surface area contributed by atoms with E-state index in [1.165, 1.54) is 167 Å². The van der Waals surface area contributed by atoms with Crippen molar-refractivity contribution in [3.8, 4) is 0 Å². The first kappa shape index (κ1) is 53.5. The molecule has 0 saturated carbocycles. The molecule has 324 valence electrons. The lowest BCUT2D eigenvalue weighted by atomic mass is 10.0. The van der Waals surface area contributed by atoms with Gasteiger partial charge in [0.05, 0.1) is 39.9 Å². The number of carbonyl (C=O) groups is 1. The summed E-state index contributed by atoms with van der Waals surface area (Å²) >= 11 is 0. The Morgan fingerprint density at radius 2 is 0.907 bits per heavy atom. The first-order valence-electron chi connectivity index (χ1n) is 23.4. The van der Waals surface area contributed by atoms with Gasteiger partial charge in [-0.1, -0.05) is 213 Å². The van der Waals surface area contributed by atoms with Gasteiger partial charge in [-0.05, 0) is 12.8 Å². The zero-order chi connectivity index (χ0) is 40.0. The molecule has 9 heteroatoms. The fraction of sp³-hybridized carbons (Fsp3) is 0.978. The van der Waals surface area contributed by atoms with E-state index in [-0.39, 0.29) is 19.1 Å². The van der Waals surface area contributed by atoms with Gasteiger partial charge in [0.1, 0.15) is 13.2 Å². The molecule has 3 atom stereocenters. The van der Waals surface area contributed by atoms with E-state index in [9.17, 15) is 19.4 Å². The van der Waals surface area contributed by atoms with E-state index in [0.29, 0.717) is 23.9 Å². The molecule has 0 aliphatic heterocycles. The molecule has 2 N–H and O–H groups in total. The van der Waals surface area contributed by atoms with Gasteiger partial charge >= 0.3 is 0 Å². The number of aliphatic hydroxyl groups is 1. The number of quaternary nitrogens is 1. The van der Waals surface area contributed by atoms with Crippen molar-refractivity contribution in [1.82, 2.24) is 5.32 Å². The largest absolute Gasteiger partial charge is 0.756 e. The molecule has 0 spiro atoms. The van der Waals surface area contributed by atoms with E-state index in [4.69, 9.17) is 9.05 Å². The highest BCUT2D eigenvalue weighted by Gasteiger charge is 2.24. The summed E-state index contributed by atoms with van der Waals surface area (Å²) in [5.74, 6) is -0.162. The minimum absolute atomic E-state index is 0.0157. The summed E-state index contributed by atoms with van der Waals surface area (Å²) in [6.45, 7) is 4.72. The Bertz CT molecular complexity index is 855. The van der Waals surface area contributed by atoms with Crippen molar-refractivity contribution in [1.29, 1.82) is 0 Å². The molecule has 0 aromatic heterocycles. The van der Waals surface area contributed by atoms with Gasteiger partial charge in [-0.15, -0.1) is 0 Å². The van der Waals surface area contributed by atoms with E-state index in [0.717, 1.165) is 38.5 Å². The molecular weight excluding hydrogens is 695 g/mol. The number of hydrogen-bond donors (Lipinski definition) is 2. The summed E-state index contributed by atoms with van der Waals surface area (Å²) < 4.78 is 23.2. The minimum atomic E-state index is -4.55. The molecule has 0 rings (SSSR count). The Hall–Kier alpha value is -0.500. The summed E-state index contributed by atoms with van der Waals surface area (Å²) in [5.41, 5.74) is 0.